The van der Waals surface area contributed by atoms with Crippen LogP contribution in [0, 0.1) is 5.82 Å². The van der Waals surface area contributed by atoms with Crippen LogP contribution in [0.2, 0.25) is 0 Å². The highest BCUT2D eigenvalue weighted by atomic mass is 19.4. The summed E-state index contributed by atoms with van der Waals surface area (Å²) in [5, 5.41) is 0. The maximum absolute atomic E-state index is 13.8. The van der Waals surface area contributed by atoms with Crippen LogP contribution in [0.1, 0.15) is 64.4 Å². The number of carbonyl (C=O) groups is 2. The number of carbonyl (C=O) groups excluding carboxylic acids is 2. The Bertz CT molecular complexity index is 860. The van der Waals surface area contributed by atoms with Gasteiger partial charge in [-0.25, -0.2) is 14.0 Å². The molecule has 0 aliphatic heterocycles. The van der Waals surface area contributed by atoms with E-state index in [1.807, 2.05) is 0 Å². The molecule has 0 aliphatic rings. The van der Waals surface area contributed by atoms with Gasteiger partial charge in [0.05, 0.1) is 23.3 Å². The fourth-order valence-corrected chi connectivity index (χ4v) is 2.71. The van der Waals surface area contributed by atoms with E-state index in [0.29, 0.717) is 6.61 Å². The van der Waals surface area contributed by atoms with E-state index in [1.165, 1.54) is 24.3 Å². The molecule has 2 rings (SSSR count). The Morgan fingerprint density at radius 3 is 2.03 bits per heavy atom. The molecule has 0 saturated carbocycles. The molecule has 4 nitrogen and oxygen atoms in total. The highest BCUT2D eigenvalue weighted by Gasteiger charge is 2.34. The van der Waals surface area contributed by atoms with Gasteiger partial charge in [0, 0.05) is 5.56 Å². The lowest BCUT2D eigenvalue weighted by Gasteiger charge is -2.14. The molecule has 0 unspecified atom stereocenters. The van der Waals surface area contributed by atoms with E-state index in [0.717, 1.165) is 43.9 Å². The predicted molar refractivity (Wildman–Crippen MR) is 101 cm³/mol. The Kier molecular flexibility index (Phi) is 8.38. The number of hydrogen-bond acceptors (Lipinski definition) is 4. The zero-order valence-corrected chi connectivity index (χ0v) is 16.4. The summed E-state index contributed by atoms with van der Waals surface area (Å²) in [7, 11) is 0. The van der Waals surface area contributed by atoms with E-state index in [2.05, 4.69) is 6.92 Å². The van der Waals surface area contributed by atoms with Gasteiger partial charge in [-0.3, -0.25) is 0 Å². The van der Waals surface area contributed by atoms with Crippen LogP contribution >= 0.6 is 0 Å². The van der Waals surface area contributed by atoms with Gasteiger partial charge < -0.3 is 9.47 Å². The third-order valence-corrected chi connectivity index (χ3v) is 4.36. The second-order valence-corrected chi connectivity index (χ2v) is 6.61. The molecule has 8 heteroatoms. The van der Waals surface area contributed by atoms with Gasteiger partial charge in [-0.15, -0.1) is 0 Å². The first kappa shape index (κ1) is 23.4. The van der Waals surface area contributed by atoms with E-state index in [1.54, 1.807) is 0 Å². The van der Waals surface area contributed by atoms with Crippen LogP contribution in [0.5, 0.6) is 0 Å². The molecular formula is C22H22F4O4. The van der Waals surface area contributed by atoms with E-state index in [4.69, 9.17) is 9.47 Å². The van der Waals surface area contributed by atoms with Crippen molar-refractivity contribution in [1.82, 2.24) is 0 Å². The van der Waals surface area contributed by atoms with E-state index >= 15 is 0 Å². The van der Waals surface area contributed by atoms with Crippen LogP contribution in [-0.4, -0.2) is 18.5 Å². The van der Waals surface area contributed by atoms with Crippen LogP contribution < -0.4 is 0 Å². The molecule has 0 N–H and O–H groups in total. The lowest BCUT2D eigenvalue weighted by atomic mass is 10.1. The van der Waals surface area contributed by atoms with Gasteiger partial charge in [0.25, 0.3) is 0 Å². The molecule has 0 saturated heterocycles. The minimum atomic E-state index is -4.78. The van der Waals surface area contributed by atoms with Crippen LogP contribution in [0.15, 0.2) is 42.5 Å². The number of esters is 2. The molecule has 162 valence electrons. The Hall–Kier alpha value is -2.90. The Labute approximate surface area is 171 Å². The lowest BCUT2D eigenvalue weighted by Crippen LogP contribution is -2.14. The average Bonchev–Trinajstić information content (AvgIpc) is 2.71. The first-order valence-corrected chi connectivity index (χ1v) is 9.53. The van der Waals surface area contributed by atoms with E-state index in [9.17, 15) is 27.2 Å². The number of unbranched alkanes of at least 4 members (excludes halogenated alkanes) is 3. The average molecular weight is 426 g/mol. The zero-order valence-electron chi connectivity index (χ0n) is 16.4. The number of hydrogen-bond donors (Lipinski definition) is 0. The summed E-state index contributed by atoms with van der Waals surface area (Å²) in [6, 6.07) is 7.82. The van der Waals surface area contributed by atoms with E-state index in [-0.39, 0.29) is 11.1 Å². The van der Waals surface area contributed by atoms with Gasteiger partial charge in [0.2, 0.25) is 0 Å². The standard InChI is InChI=1S/C22H22F4O4/c1-2-3-4-5-13-29-20(27)15-9-11-16(12-10-15)21(28)30-14-17-18(22(24,25)26)7-6-8-19(17)23/h6-12H,2-5,13-14H2,1H3. The van der Waals surface area contributed by atoms with Gasteiger partial charge in [-0.1, -0.05) is 32.3 Å². The van der Waals surface area contributed by atoms with Crippen molar-refractivity contribution in [2.75, 3.05) is 6.61 Å². The smallest absolute Gasteiger partial charge is 0.416 e. The first-order chi connectivity index (χ1) is 14.2. The highest BCUT2D eigenvalue weighted by molar-refractivity contribution is 5.93. The summed E-state index contributed by atoms with van der Waals surface area (Å²) in [5.41, 5.74) is -1.70. The third kappa shape index (κ3) is 6.57. The maximum Gasteiger partial charge on any atom is 0.416 e. The van der Waals surface area contributed by atoms with Crippen molar-refractivity contribution in [3.05, 3.63) is 70.5 Å². The molecule has 0 heterocycles. The van der Waals surface area contributed by atoms with Crippen LogP contribution in [-0.2, 0) is 22.3 Å². The molecular weight excluding hydrogens is 404 g/mol. The molecule has 0 aromatic heterocycles. The van der Waals surface area contributed by atoms with Crippen molar-refractivity contribution in [3.8, 4) is 0 Å². The number of rotatable bonds is 9. The van der Waals surface area contributed by atoms with Crippen molar-refractivity contribution in [1.29, 1.82) is 0 Å². The van der Waals surface area contributed by atoms with Crippen molar-refractivity contribution in [2.45, 2.75) is 45.4 Å². The summed E-state index contributed by atoms with van der Waals surface area (Å²) in [6.07, 6.45) is -0.916. The Morgan fingerprint density at radius 1 is 0.867 bits per heavy atom. The summed E-state index contributed by atoms with van der Waals surface area (Å²) in [5.74, 6) is -2.59. The molecule has 0 spiro atoms. The largest absolute Gasteiger partial charge is 0.462 e. The minimum absolute atomic E-state index is 0.0133. The molecule has 30 heavy (non-hydrogen) atoms. The number of halogens is 4. The fraction of sp³-hybridized carbons (Fsp3) is 0.364. The topological polar surface area (TPSA) is 52.6 Å². The summed E-state index contributed by atoms with van der Waals surface area (Å²) in [4.78, 5) is 24.1. The van der Waals surface area contributed by atoms with Crippen LogP contribution in [0.4, 0.5) is 17.6 Å². The second kappa shape index (κ2) is 10.8. The second-order valence-electron chi connectivity index (χ2n) is 6.61. The highest BCUT2D eigenvalue weighted by Crippen LogP contribution is 2.33. The van der Waals surface area contributed by atoms with Gasteiger partial charge in [0.15, 0.2) is 0 Å². The van der Waals surface area contributed by atoms with Gasteiger partial charge in [0.1, 0.15) is 12.4 Å². The van der Waals surface area contributed by atoms with Crippen molar-refractivity contribution in [2.24, 2.45) is 0 Å². The van der Waals surface area contributed by atoms with Gasteiger partial charge in [-0.05, 0) is 42.8 Å². The quantitative estimate of drug-likeness (QED) is 0.283. The number of benzene rings is 2. The number of ether oxygens (including phenoxy) is 2. The molecule has 0 bridgehead atoms. The Balaban J connectivity index is 1.95. The van der Waals surface area contributed by atoms with Crippen molar-refractivity contribution in [3.63, 3.8) is 0 Å². The van der Waals surface area contributed by atoms with Gasteiger partial charge in [-0.2, -0.15) is 13.2 Å². The van der Waals surface area contributed by atoms with Crippen LogP contribution in [0.25, 0.3) is 0 Å². The monoisotopic (exact) mass is 426 g/mol. The minimum Gasteiger partial charge on any atom is -0.462 e. The van der Waals surface area contributed by atoms with Crippen molar-refractivity contribution >= 4 is 11.9 Å². The van der Waals surface area contributed by atoms with Crippen LogP contribution in [0.3, 0.4) is 0 Å². The summed E-state index contributed by atoms with van der Waals surface area (Å²) >= 11 is 0. The predicted octanol–water partition coefficient (Wildman–Crippen LogP) is 5.94. The Morgan fingerprint density at radius 2 is 1.47 bits per heavy atom. The molecule has 0 amide bonds. The first-order valence-electron chi connectivity index (χ1n) is 9.53. The SMILES string of the molecule is CCCCCCOC(=O)c1ccc(C(=O)OCc2c(F)cccc2C(F)(F)F)cc1. The lowest BCUT2D eigenvalue weighted by molar-refractivity contribution is -0.139. The molecule has 0 fully saturated rings. The van der Waals surface area contributed by atoms with Crippen molar-refractivity contribution < 1.29 is 36.6 Å². The molecule has 0 atom stereocenters. The molecule has 2 aromatic carbocycles. The molecule has 2 aromatic rings. The summed E-state index contributed by atoms with van der Waals surface area (Å²) < 4.78 is 62.8. The third-order valence-electron chi connectivity index (χ3n) is 4.36. The maximum atomic E-state index is 13.8. The van der Waals surface area contributed by atoms with E-state index < -0.39 is 41.7 Å². The van der Waals surface area contributed by atoms with Gasteiger partial charge >= 0.3 is 18.1 Å². The normalized spacial score (nSPS) is 11.2. The summed E-state index contributed by atoms with van der Waals surface area (Å²) in [6.45, 7) is 1.50. The molecule has 0 aliphatic carbocycles. The fourth-order valence-electron chi connectivity index (χ4n) is 2.71. The zero-order chi connectivity index (χ0) is 22.1. The molecule has 0 radical (unpaired) electrons. The number of alkyl halides is 3.